The van der Waals surface area contributed by atoms with E-state index in [0.717, 1.165) is 10.9 Å². The number of H-pyrrole nitrogens is 1. The Morgan fingerprint density at radius 1 is 1.39 bits per heavy atom. The molecule has 0 bridgehead atoms. The largest absolute Gasteiger partial charge is 0.483 e. The topological polar surface area (TPSA) is 94.1 Å². The predicted molar refractivity (Wildman–Crippen MR) is 84.1 cm³/mol. The number of aryl methyl sites for hydroxylation is 1. The fourth-order valence-corrected chi connectivity index (χ4v) is 2.26. The molecule has 3 rings (SSSR count). The highest BCUT2D eigenvalue weighted by molar-refractivity contribution is 5.91. The molecule has 0 saturated carbocycles. The summed E-state index contributed by atoms with van der Waals surface area (Å²) in [6.07, 6.45) is 1.95. The number of rotatable bonds is 6. The van der Waals surface area contributed by atoms with Crippen LogP contribution in [0.5, 0.6) is 5.75 Å². The minimum absolute atomic E-state index is 0.123. The number of methoxy groups -OCH3 is 1. The zero-order chi connectivity index (χ0) is 16.2. The second-order valence-electron chi connectivity index (χ2n) is 4.99. The zero-order valence-electron chi connectivity index (χ0n) is 12.9. The van der Waals surface area contributed by atoms with Gasteiger partial charge in [-0.05, 0) is 18.2 Å². The second kappa shape index (κ2) is 6.49. The summed E-state index contributed by atoms with van der Waals surface area (Å²) in [7, 11) is 3.51. The SMILES string of the molecule is COCc1nc(NC(=O)COc2cccc3c2ccn3C)n[nH]1. The van der Waals surface area contributed by atoms with Crippen LogP contribution in [0, 0.1) is 0 Å². The van der Waals surface area contributed by atoms with Crippen molar-refractivity contribution in [3.8, 4) is 5.75 Å². The molecule has 2 heterocycles. The number of ether oxygens (including phenoxy) is 2. The van der Waals surface area contributed by atoms with Crippen LogP contribution in [0.4, 0.5) is 5.95 Å². The van der Waals surface area contributed by atoms with Crippen molar-refractivity contribution in [2.75, 3.05) is 19.0 Å². The van der Waals surface area contributed by atoms with Gasteiger partial charge < -0.3 is 14.0 Å². The molecule has 2 aromatic heterocycles. The summed E-state index contributed by atoms with van der Waals surface area (Å²) in [6.45, 7) is 0.178. The van der Waals surface area contributed by atoms with Crippen LogP contribution in [0.2, 0.25) is 0 Å². The Balaban J connectivity index is 1.61. The fraction of sp³-hybridized carbons (Fsp3) is 0.267. The van der Waals surface area contributed by atoms with Crippen molar-refractivity contribution in [1.29, 1.82) is 0 Å². The number of amides is 1. The van der Waals surface area contributed by atoms with Crippen LogP contribution in [-0.2, 0) is 23.2 Å². The van der Waals surface area contributed by atoms with Crippen LogP contribution in [-0.4, -0.2) is 39.4 Å². The van der Waals surface area contributed by atoms with E-state index in [4.69, 9.17) is 9.47 Å². The number of hydrogen-bond donors (Lipinski definition) is 2. The van der Waals surface area contributed by atoms with Gasteiger partial charge in [0.1, 0.15) is 12.4 Å². The minimum Gasteiger partial charge on any atom is -0.483 e. The Kier molecular flexibility index (Phi) is 4.24. The van der Waals surface area contributed by atoms with Crippen molar-refractivity contribution < 1.29 is 14.3 Å². The van der Waals surface area contributed by atoms with Gasteiger partial charge in [-0.1, -0.05) is 6.07 Å². The molecule has 8 heteroatoms. The van der Waals surface area contributed by atoms with Crippen molar-refractivity contribution in [1.82, 2.24) is 19.7 Å². The van der Waals surface area contributed by atoms with Crippen LogP contribution in [0.25, 0.3) is 10.9 Å². The number of nitrogens with one attached hydrogen (secondary N) is 2. The summed E-state index contributed by atoms with van der Waals surface area (Å²) < 4.78 is 12.5. The number of carbonyl (C=O) groups is 1. The van der Waals surface area contributed by atoms with E-state index in [2.05, 4.69) is 20.5 Å². The summed E-state index contributed by atoms with van der Waals surface area (Å²) >= 11 is 0. The lowest BCUT2D eigenvalue weighted by atomic mass is 10.2. The molecule has 0 unspecified atom stereocenters. The van der Waals surface area contributed by atoms with E-state index in [1.54, 1.807) is 7.11 Å². The van der Waals surface area contributed by atoms with Gasteiger partial charge in [-0.2, -0.15) is 4.98 Å². The first-order chi connectivity index (χ1) is 11.2. The predicted octanol–water partition coefficient (Wildman–Crippen LogP) is 1.46. The second-order valence-corrected chi connectivity index (χ2v) is 4.99. The number of aromatic amines is 1. The highest BCUT2D eigenvalue weighted by Gasteiger charge is 2.10. The number of nitrogens with zero attached hydrogens (tertiary/aromatic N) is 3. The smallest absolute Gasteiger partial charge is 0.264 e. The van der Waals surface area contributed by atoms with Gasteiger partial charge in [0.05, 0.1) is 5.52 Å². The summed E-state index contributed by atoms with van der Waals surface area (Å²) in [4.78, 5) is 16.0. The average Bonchev–Trinajstić information content (AvgIpc) is 3.13. The summed E-state index contributed by atoms with van der Waals surface area (Å²) in [6, 6.07) is 7.67. The van der Waals surface area contributed by atoms with E-state index in [1.165, 1.54) is 0 Å². The van der Waals surface area contributed by atoms with E-state index in [9.17, 15) is 4.79 Å². The van der Waals surface area contributed by atoms with Crippen LogP contribution in [0.15, 0.2) is 30.5 Å². The van der Waals surface area contributed by atoms with E-state index in [1.807, 2.05) is 42.1 Å². The third kappa shape index (κ3) is 3.32. The molecular weight excluding hydrogens is 298 g/mol. The van der Waals surface area contributed by atoms with Gasteiger partial charge in [0.15, 0.2) is 12.4 Å². The fourth-order valence-electron chi connectivity index (χ4n) is 2.26. The average molecular weight is 315 g/mol. The number of benzene rings is 1. The maximum Gasteiger partial charge on any atom is 0.264 e. The summed E-state index contributed by atoms with van der Waals surface area (Å²) in [5, 5.41) is 10.1. The van der Waals surface area contributed by atoms with Crippen molar-refractivity contribution in [2.45, 2.75) is 6.61 Å². The van der Waals surface area contributed by atoms with Crippen molar-refractivity contribution in [3.05, 3.63) is 36.3 Å². The Morgan fingerprint density at radius 3 is 3.09 bits per heavy atom. The third-order valence-electron chi connectivity index (χ3n) is 3.31. The van der Waals surface area contributed by atoms with Gasteiger partial charge in [0.25, 0.3) is 5.91 Å². The Labute approximate surface area is 132 Å². The maximum atomic E-state index is 11.9. The lowest BCUT2D eigenvalue weighted by Gasteiger charge is -2.07. The first-order valence-corrected chi connectivity index (χ1v) is 7.04. The van der Waals surface area contributed by atoms with Gasteiger partial charge >= 0.3 is 0 Å². The first-order valence-electron chi connectivity index (χ1n) is 7.04. The van der Waals surface area contributed by atoms with E-state index < -0.39 is 0 Å². The van der Waals surface area contributed by atoms with E-state index in [0.29, 0.717) is 18.2 Å². The molecule has 8 nitrogen and oxygen atoms in total. The molecule has 3 aromatic rings. The maximum absolute atomic E-state index is 11.9. The van der Waals surface area contributed by atoms with Crippen LogP contribution in [0.1, 0.15) is 5.82 Å². The number of aromatic nitrogens is 4. The summed E-state index contributed by atoms with van der Waals surface area (Å²) in [5.74, 6) is 1.07. The molecule has 0 aliphatic rings. The molecule has 1 amide bonds. The molecule has 0 saturated heterocycles. The number of anilines is 1. The van der Waals surface area contributed by atoms with Gasteiger partial charge in [0.2, 0.25) is 5.95 Å². The lowest BCUT2D eigenvalue weighted by Crippen LogP contribution is -2.21. The van der Waals surface area contributed by atoms with Crippen molar-refractivity contribution >= 4 is 22.8 Å². The van der Waals surface area contributed by atoms with E-state index >= 15 is 0 Å². The van der Waals surface area contributed by atoms with Gasteiger partial charge in [-0.25, -0.2) is 0 Å². The normalized spacial score (nSPS) is 10.9. The van der Waals surface area contributed by atoms with Gasteiger partial charge in [-0.3, -0.25) is 15.2 Å². The molecule has 2 N–H and O–H groups in total. The monoisotopic (exact) mass is 315 g/mol. The summed E-state index contributed by atoms with van der Waals surface area (Å²) in [5.41, 5.74) is 1.04. The number of carbonyl (C=O) groups excluding carboxylic acids is 1. The van der Waals surface area contributed by atoms with Crippen LogP contribution < -0.4 is 10.1 Å². The first kappa shape index (κ1) is 15.0. The Hall–Kier alpha value is -2.87. The quantitative estimate of drug-likeness (QED) is 0.718. The lowest BCUT2D eigenvalue weighted by molar-refractivity contribution is -0.118. The molecule has 0 radical (unpaired) electrons. The van der Waals surface area contributed by atoms with E-state index in [-0.39, 0.29) is 18.5 Å². The molecule has 0 atom stereocenters. The van der Waals surface area contributed by atoms with Gasteiger partial charge in [0, 0.05) is 25.7 Å². The van der Waals surface area contributed by atoms with Gasteiger partial charge in [-0.15, -0.1) is 5.10 Å². The number of fused-ring (bicyclic) bond motifs is 1. The van der Waals surface area contributed by atoms with Crippen molar-refractivity contribution in [3.63, 3.8) is 0 Å². The van der Waals surface area contributed by atoms with Crippen LogP contribution >= 0.6 is 0 Å². The molecule has 1 aromatic carbocycles. The molecule has 0 aliphatic heterocycles. The highest BCUT2D eigenvalue weighted by Crippen LogP contribution is 2.25. The molecule has 0 aliphatic carbocycles. The standard InChI is InChI=1S/C15H17N5O3/c1-20-7-6-10-11(20)4-3-5-12(10)23-9-14(21)17-15-16-13(8-22-2)18-19-15/h3-7H,8-9H2,1-2H3,(H2,16,17,18,19,21). The molecule has 0 spiro atoms. The van der Waals surface area contributed by atoms with Crippen molar-refractivity contribution in [2.24, 2.45) is 7.05 Å². The van der Waals surface area contributed by atoms with Crippen LogP contribution in [0.3, 0.4) is 0 Å². The molecule has 120 valence electrons. The Morgan fingerprint density at radius 2 is 2.26 bits per heavy atom. The molecular formula is C15H17N5O3. The molecule has 0 fully saturated rings. The highest BCUT2D eigenvalue weighted by atomic mass is 16.5. The number of hydrogen-bond acceptors (Lipinski definition) is 5. The zero-order valence-corrected chi connectivity index (χ0v) is 12.9. The third-order valence-corrected chi connectivity index (χ3v) is 3.31. The molecule has 23 heavy (non-hydrogen) atoms. The Bertz CT molecular complexity index is 823. The minimum atomic E-state index is -0.332.